The average Bonchev–Trinajstić information content (AvgIpc) is 3.16. The summed E-state index contributed by atoms with van der Waals surface area (Å²) in [4.78, 5) is 14.6. The molecule has 0 radical (unpaired) electrons. The van der Waals surface area contributed by atoms with Crippen LogP contribution < -0.4 is 5.32 Å². The predicted octanol–water partition coefficient (Wildman–Crippen LogP) is 2.10. The zero-order valence-electron chi connectivity index (χ0n) is 13.4. The van der Waals surface area contributed by atoms with Gasteiger partial charge in [0.15, 0.2) is 0 Å². The number of hydrogen-bond donors (Lipinski definition) is 1. The third-order valence-corrected chi connectivity index (χ3v) is 4.46. The number of allylic oxidation sites excluding steroid dienone is 1. The van der Waals surface area contributed by atoms with Gasteiger partial charge in [-0.2, -0.15) is 4.68 Å². The molecule has 4 rings (SSSR count). The van der Waals surface area contributed by atoms with Gasteiger partial charge in [-0.15, -0.1) is 0 Å². The Morgan fingerprint density at radius 3 is 2.83 bits per heavy atom. The first kappa shape index (κ1) is 14.6. The normalized spacial score (nSPS) is 19.4. The molecule has 0 saturated carbocycles. The van der Waals surface area contributed by atoms with Crippen molar-refractivity contribution in [1.29, 1.82) is 0 Å². The molecular weight excluding hydrogens is 304 g/mol. The molecule has 1 amide bonds. The summed E-state index contributed by atoms with van der Waals surface area (Å²) in [5.41, 5.74) is 3.13. The van der Waals surface area contributed by atoms with Crippen LogP contribution in [0.15, 0.2) is 53.9 Å². The van der Waals surface area contributed by atoms with Crippen molar-refractivity contribution in [3.63, 3.8) is 0 Å². The molecule has 0 spiro atoms. The highest BCUT2D eigenvalue weighted by Gasteiger charge is 2.43. The zero-order valence-corrected chi connectivity index (χ0v) is 13.4. The fourth-order valence-electron chi connectivity index (χ4n) is 3.26. The number of nitrogens with zero attached hydrogens (tertiary/aromatic N) is 5. The minimum Gasteiger partial charge on any atom is -0.318 e. The van der Waals surface area contributed by atoms with Crippen molar-refractivity contribution >= 4 is 11.9 Å². The first-order valence-corrected chi connectivity index (χ1v) is 8.07. The average molecular weight is 322 g/mol. The number of benzene rings is 1. The third-order valence-electron chi connectivity index (χ3n) is 4.46. The molecular formula is C17H18N6O. The number of aromatic nitrogens is 4. The van der Waals surface area contributed by atoms with Crippen LogP contribution in [-0.4, -0.2) is 37.6 Å². The molecule has 7 nitrogen and oxygen atoms in total. The maximum absolute atomic E-state index is 12.8. The molecule has 24 heavy (non-hydrogen) atoms. The second kappa shape index (κ2) is 5.59. The van der Waals surface area contributed by atoms with Gasteiger partial charge in [0.25, 0.3) is 5.91 Å². The van der Waals surface area contributed by atoms with Gasteiger partial charge < -0.3 is 10.2 Å². The lowest BCUT2D eigenvalue weighted by molar-refractivity contribution is -0.124. The summed E-state index contributed by atoms with van der Waals surface area (Å²) < 4.78 is 1.70. The molecule has 7 heteroatoms. The fourth-order valence-corrected chi connectivity index (χ4v) is 3.26. The van der Waals surface area contributed by atoms with E-state index in [1.807, 2.05) is 30.3 Å². The maximum Gasteiger partial charge on any atom is 0.275 e. The molecule has 1 N–H and O–H groups in total. The van der Waals surface area contributed by atoms with Gasteiger partial charge in [-0.05, 0) is 22.4 Å². The lowest BCUT2D eigenvalue weighted by atomic mass is 9.95. The highest BCUT2D eigenvalue weighted by Crippen LogP contribution is 2.43. The largest absolute Gasteiger partial charge is 0.318 e. The highest BCUT2D eigenvalue weighted by atomic mass is 16.2. The Hall–Kier alpha value is -2.96. The van der Waals surface area contributed by atoms with Gasteiger partial charge in [0.05, 0.1) is 0 Å². The van der Waals surface area contributed by atoms with Crippen LogP contribution >= 0.6 is 0 Å². The molecule has 2 aliphatic heterocycles. The summed E-state index contributed by atoms with van der Waals surface area (Å²) in [7, 11) is 0. The van der Waals surface area contributed by atoms with Crippen LogP contribution in [0.5, 0.6) is 0 Å². The van der Waals surface area contributed by atoms with Gasteiger partial charge in [-0.3, -0.25) is 4.79 Å². The summed E-state index contributed by atoms with van der Waals surface area (Å²) >= 11 is 0. The third kappa shape index (κ3) is 2.05. The number of rotatable bonds is 4. The van der Waals surface area contributed by atoms with Crippen LogP contribution in [0.4, 0.5) is 5.95 Å². The van der Waals surface area contributed by atoms with E-state index in [-0.39, 0.29) is 11.9 Å². The van der Waals surface area contributed by atoms with Crippen molar-refractivity contribution in [2.45, 2.75) is 25.8 Å². The zero-order chi connectivity index (χ0) is 16.7. The van der Waals surface area contributed by atoms with Crippen molar-refractivity contribution in [3.8, 4) is 0 Å². The summed E-state index contributed by atoms with van der Waals surface area (Å²) in [5, 5.41) is 14.9. The van der Waals surface area contributed by atoms with E-state index in [4.69, 9.17) is 0 Å². The molecule has 1 aromatic carbocycles. The quantitative estimate of drug-likeness (QED) is 0.933. The summed E-state index contributed by atoms with van der Waals surface area (Å²) in [5.74, 6) is 0.416. The second-order valence-electron chi connectivity index (χ2n) is 5.93. The van der Waals surface area contributed by atoms with Crippen LogP contribution in [0.25, 0.3) is 0 Å². The molecule has 1 atom stereocenters. The number of amides is 1. The Morgan fingerprint density at radius 1 is 1.29 bits per heavy atom. The number of hydrogen-bond acceptors (Lipinski definition) is 5. The standard InChI is InChI=1S/C17H18N6O/c1-3-4-10-22-11(2)13-14(16(22)24)18-17-19-20-21-23(17)15(13)12-8-6-5-7-9-12/h5-9,15H,2-4,10H2,1H3,(H,18,19,21)/t15-/m0/s1. The number of fused-ring (bicyclic) bond motifs is 1. The topological polar surface area (TPSA) is 75.9 Å². The molecule has 3 heterocycles. The summed E-state index contributed by atoms with van der Waals surface area (Å²) in [6.45, 7) is 6.95. The number of tetrazole rings is 1. The van der Waals surface area contributed by atoms with Crippen molar-refractivity contribution in [2.24, 2.45) is 0 Å². The van der Waals surface area contributed by atoms with Gasteiger partial charge in [0, 0.05) is 17.8 Å². The molecule has 0 saturated heterocycles. The van der Waals surface area contributed by atoms with Gasteiger partial charge in [-0.1, -0.05) is 55.4 Å². The lowest BCUT2D eigenvalue weighted by Gasteiger charge is -2.26. The summed E-state index contributed by atoms with van der Waals surface area (Å²) in [6, 6.07) is 9.67. The van der Waals surface area contributed by atoms with Crippen molar-refractivity contribution < 1.29 is 4.79 Å². The molecule has 2 aromatic rings. The highest BCUT2D eigenvalue weighted by molar-refractivity contribution is 6.03. The smallest absolute Gasteiger partial charge is 0.275 e. The van der Waals surface area contributed by atoms with E-state index in [9.17, 15) is 4.79 Å². The van der Waals surface area contributed by atoms with Crippen molar-refractivity contribution in [3.05, 3.63) is 59.4 Å². The molecule has 0 aliphatic carbocycles. The molecule has 0 unspecified atom stereocenters. The van der Waals surface area contributed by atoms with Gasteiger partial charge in [0.2, 0.25) is 5.95 Å². The van der Waals surface area contributed by atoms with Gasteiger partial charge in [-0.25, -0.2) is 0 Å². The Morgan fingerprint density at radius 2 is 2.08 bits per heavy atom. The van der Waals surface area contributed by atoms with E-state index in [1.54, 1.807) is 9.58 Å². The van der Waals surface area contributed by atoms with Gasteiger partial charge >= 0.3 is 0 Å². The van der Waals surface area contributed by atoms with E-state index in [2.05, 4.69) is 34.3 Å². The van der Waals surface area contributed by atoms with Crippen molar-refractivity contribution in [2.75, 3.05) is 11.9 Å². The molecule has 0 fully saturated rings. The summed E-state index contributed by atoms with van der Waals surface area (Å²) in [6.07, 6.45) is 1.95. The molecule has 0 bridgehead atoms. The number of anilines is 1. The maximum atomic E-state index is 12.8. The molecule has 2 aliphatic rings. The molecule has 122 valence electrons. The van der Waals surface area contributed by atoms with E-state index in [0.29, 0.717) is 18.2 Å². The lowest BCUT2D eigenvalue weighted by Crippen LogP contribution is -2.28. The second-order valence-corrected chi connectivity index (χ2v) is 5.93. The number of unbranched alkanes of at least 4 members (excludes halogenated alkanes) is 1. The van der Waals surface area contributed by atoms with Gasteiger partial charge in [0.1, 0.15) is 11.7 Å². The predicted molar refractivity (Wildman–Crippen MR) is 88.8 cm³/mol. The Kier molecular flexibility index (Phi) is 3.41. The van der Waals surface area contributed by atoms with Crippen LogP contribution in [0.2, 0.25) is 0 Å². The van der Waals surface area contributed by atoms with E-state index >= 15 is 0 Å². The van der Waals surface area contributed by atoms with Crippen molar-refractivity contribution in [1.82, 2.24) is 25.1 Å². The monoisotopic (exact) mass is 322 g/mol. The fraction of sp³-hybridized carbons (Fsp3) is 0.294. The van der Waals surface area contributed by atoms with Crippen LogP contribution in [0, 0.1) is 0 Å². The Labute approximate surface area is 139 Å². The van der Waals surface area contributed by atoms with E-state index in [0.717, 1.165) is 29.7 Å². The number of nitrogens with one attached hydrogen (secondary N) is 1. The van der Waals surface area contributed by atoms with Crippen LogP contribution in [0.3, 0.4) is 0 Å². The number of carbonyl (C=O) groups is 1. The number of carbonyl (C=O) groups excluding carboxylic acids is 1. The first-order chi connectivity index (χ1) is 11.7. The molecule has 1 aromatic heterocycles. The van der Waals surface area contributed by atoms with E-state index < -0.39 is 0 Å². The van der Waals surface area contributed by atoms with E-state index in [1.165, 1.54) is 0 Å². The van der Waals surface area contributed by atoms with Crippen LogP contribution in [-0.2, 0) is 4.79 Å². The first-order valence-electron chi connectivity index (χ1n) is 8.07. The SMILES string of the molecule is C=C1C2=C(Nc3nnnn3[C@H]2c2ccccc2)C(=O)N1CCCC. The minimum atomic E-state index is -0.254. The minimum absolute atomic E-state index is 0.0568. The Balaban J connectivity index is 1.82. The van der Waals surface area contributed by atoms with Crippen LogP contribution in [0.1, 0.15) is 31.4 Å². The Bertz CT molecular complexity index is 838.